The second-order valence-electron chi connectivity index (χ2n) is 5.87. The Morgan fingerprint density at radius 3 is 2.50 bits per heavy atom. The molecule has 1 aromatic carbocycles. The first kappa shape index (κ1) is 20.8. The van der Waals surface area contributed by atoms with Gasteiger partial charge in [0.2, 0.25) is 0 Å². The van der Waals surface area contributed by atoms with Crippen LogP contribution in [-0.2, 0) is 14.0 Å². The predicted octanol–water partition coefficient (Wildman–Crippen LogP) is 5.05. The Morgan fingerprint density at radius 2 is 1.83 bits per heavy atom. The van der Waals surface area contributed by atoms with Gasteiger partial charge in [0.1, 0.15) is 6.61 Å². The molecule has 0 aliphatic heterocycles. The van der Waals surface area contributed by atoms with Crippen molar-refractivity contribution in [1.82, 2.24) is 0 Å². The molecule has 4 nitrogen and oxygen atoms in total. The van der Waals surface area contributed by atoms with E-state index >= 15 is 0 Å². The number of esters is 1. The molecule has 0 bridgehead atoms. The zero-order chi connectivity index (χ0) is 17.6. The second kappa shape index (κ2) is 13.1. The van der Waals surface area contributed by atoms with E-state index in [2.05, 4.69) is 13.8 Å². The van der Waals surface area contributed by atoms with Crippen molar-refractivity contribution in [2.75, 3.05) is 26.0 Å². The molecular weight excluding hydrogens is 323 g/mol. The van der Waals surface area contributed by atoms with Gasteiger partial charge in [-0.3, -0.25) is 0 Å². The summed E-state index contributed by atoms with van der Waals surface area (Å²) in [4.78, 5) is 12.0. The van der Waals surface area contributed by atoms with E-state index in [1.807, 2.05) is 6.07 Å². The smallest absolute Gasteiger partial charge is 0.347 e. The Hall–Kier alpha value is -1.25. The summed E-state index contributed by atoms with van der Waals surface area (Å²) in [5.74, 6) is -0.351. The molecule has 134 valence electrons. The van der Waals surface area contributed by atoms with Crippen molar-refractivity contribution in [3.63, 3.8) is 0 Å². The fourth-order valence-electron chi connectivity index (χ4n) is 2.37. The third-order valence-electron chi connectivity index (χ3n) is 3.79. The van der Waals surface area contributed by atoms with Gasteiger partial charge in [-0.1, -0.05) is 55.9 Å². The summed E-state index contributed by atoms with van der Waals surface area (Å²) in [6.45, 7) is 5.68. The summed E-state index contributed by atoms with van der Waals surface area (Å²) in [5.41, 5.74) is 0.444. The van der Waals surface area contributed by atoms with Gasteiger partial charge < -0.3 is 9.47 Å². The quantitative estimate of drug-likeness (QED) is 0.283. The van der Waals surface area contributed by atoms with Gasteiger partial charge in [-0.15, -0.1) is 0 Å². The Balaban J connectivity index is 2.34. The molecule has 0 aliphatic carbocycles. The fraction of sp³-hybridized carbons (Fsp3) is 0.632. The molecule has 0 N–H and O–H groups in total. The number of rotatable bonds is 13. The molecule has 0 aliphatic rings. The van der Waals surface area contributed by atoms with Crippen LogP contribution in [0.3, 0.4) is 0 Å². The fourth-order valence-corrected chi connectivity index (χ4v) is 3.83. The molecular formula is C19H30O4P+. The molecule has 0 saturated heterocycles. The zero-order valence-electron chi connectivity index (χ0n) is 14.9. The number of benzene rings is 1. The third kappa shape index (κ3) is 8.56. The Labute approximate surface area is 146 Å². The molecule has 0 saturated carbocycles. The van der Waals surface area contributed by atoms with Crippen molar-refractivity contribution in [2.24, 2.45) is 0 Å². The van der Waals surface area contributed by atoms with Gasteiger partial charge >= 0.3 is 13.8 Å². The topological polar surface area (TPSA) is 52.6 Å². The van der Waals surface area contributed by atoms with E-state index in [9.17, 15) is 9.36 Å². The lowest BCUT2D eigenvalue weighted by atomic mass is 10.2. The first-order valence-electron chi connectivity index (χ1n) is 8.92. The molecule has 0 fully saturated rings. The summed E-state index contributed by atoms with van der Waals surface area (Å²) >= 11 is 0. The molecule has 0 aromatic heterocycles. The number of carbonyl (C=O) groups excluding carboxylic acids is 1. The highest BCUT2D eigenvalue weighted by Gasteiger charge is 2.30. The monoisotopic (exact) mass is 353 g/mol. The van der Waals surface area contributed by atoms with Gasteiger partial charge in [-0.05, 0) is 25.0 Å². The largest absolute Gasteiger partial charge is 0.457 e. The average molecular weight is 353 g/mol. The summed E-state index contributed by atoms with van der Waals surface area (Å²) in [5, 5.41) is 0. The summed E-state index contributed by atoms with van der Waals surface area (Å²) in [6, 6.07) is 8.91. The van der Waals surface area contributed by atoms with Crippen molar-refractivity contribution in [1.29, 1.82) is 0 Å². The predicted molar refractivity (Wildman–Crippen MR) is 98.2 cm³/mol. The van der Waals surface area contributed by atoms with Crippen LogP contribution in [0, 0.1) is 0 Å². The maximum Gasteiger partial charge on any atom is 0.347 e. The van der Waals surface area contributed by atoms with Crippen molar-refractivity contribution in [3.05, 3.63) is 35.9 Å². The number of hydrogen-bond acceptors (Lipinski definition) is 4. The third-order valence-corrected chi connectivity index (χ3v) is 5.64. The molecule has 0 heterocycles. The molecule has 0 radical (unpaired) electrons. The van der Waals surface area contributed by atoms with E-state index in [0.29, 0.717) is 18.3 Å². The summed E-state index contributed by atoms with van der Waals surface area (Å²) in [7, 11) is -1.43. The molecule has 1 rings (SSSR count). The van der Waals surface area contributed by atoms with Crippen LogP contribution in [0.4, 0.5) is 0 Å². The zero-order valence-corrected chi connectivity index (χ0v) is 15.8. The summed E-state index contributed by atoms with van der Waals surface area (Å²) in [6.07, 6.45) is 5.65. The minimum atomic E-state index is -1.43. The van der Waals surface area contributed by atoms with Crippen molar-refractivity contribution >= 4 is 13.8 Å². The van der Waals surface area contributed by atoms with Gasteiger partial charge in [0, 0.05) is 6.61 Å². The maximum atomic E-state index is 12.4. The lowest BCUT2D eigenvalue weighted by molar-refractivity contribution is 0.0501. The standard InChI is InChI=1S/C19H30O4P/c1-3-5-9-13-22-14-15-24(21)18(10-4-2)16-23-19(20)17-11-7-6-8-12-17/h6-8,11-12,18H,3-5,9-10,13-16H2,1-2H3/q+1. The normalized spacial score (nSPS) is 12.7. The van der Waals surface area contributed by atoms with Crippen molar-refractivity contribution in [2.45, 2.75) is 51.6 Å². The van der Waals surface area contributed by atoms with E-state index in [4.69, 9.17) is 9.47 Å². The number of ether oxygens (including phenoxy) is 2. The van der Waals surface area contributed by atoms with Crippen LogP contribution < -0.4 is 0 Å². The second-order valence-corrected chi connectivity index (χ2v) is 7.88. The van der Waals surface area contributed by atoms with E-state index in [-0.39, 0.29) is 18.2 Å². The number of unbranched alkanes of at least 4 members (excludes halogenated alkanes) is 2. The van der Waals surface area contributed by atoms with Crippen LogP contribution >= 0.6 is 7.80 Å². The SMILES string of the molecule is CCCCCOCC[P+](=O)C(CCC)COC(=O)c1ccccc1. The highest BCUT2D eigenvalue weighted by atomic mass is 31.1. The lowest BCUT2D eigenvalue weighted by Gasteiger charge is -2.08. The molecule has 2 atom stereocenters. The minimum Gasteiger partial charge on any atom is -0.457 e. The first-order chi connectivity index (χ1) is 11.7. The van der Waals surface area contributed by atoms with Crippen LogP contribution in [0.25, 0.3) is 0 Å². The van der Waals surface area contributed by atoms with Gasteiger partial charge in [0.15, 0.2) is 11.8 Å². The molecule has 0 spiro atoms. The van der Waals surface area contributed by atoms with Crippen LogP contribution in [-0.4, -0.2) is 37.6 Å². The number of hydrogen-bond donors (Lipinski definition) is 0. The van der Waals surface area contributed by atoms with Gasteiger partial charge in [0.25, 0.3) is 0 Å². The Bertz CT molecular complexity index is 476. The van der Waals surface area contributed by atoms with Crippen molar-refractivity contribution < 1.29 is 18.8 Å². The van der Waals surface area contributed by atoms with E-state index in [1.165, 1.54) is 12.8 Å². The lowest BCUT2D eigenvalue weighted by Crippen LogP contribution is -2.17. The van der Waals surface area contributed by atoms with Gasteiger partial charge in [-0.2, -0.15) is 0 Å². The van der Waals surface area contributed by atoms with Gasteiger partial charge in [0.05, 0.1) is 12.2 Å². The first-order valence-corrected chi connectivity index (χ1v) is 10.4. The van der Waals surface area contributed by atoms with Crippen LogP contribution in [0.2, 0.25) is 0 Å². The van der Waals surface area contributed by atoms with Gasteiger partial charge in [-0.25, -0.2) is 4.79 Å². The molecule has 5 heteroatoms. The Morgan fingerprint density at radius 1 is 1.08 bits per heavy atom. The van der Waals surface area contributed by atoms with Crippen LogP contribution in [0.5, 0.6) is 0 Å². The highest BCUT2D eigenvalue weighted by Crippen LogP contribution is 2.31. The Kier molecular flexibility index (Phi) is 11.3. The summed E-state index contributed by atoms with van der Waals surface area (Å²) < 4.78 is 23.3. The van der Waals surface area contributed by atoms with Crippen LogP contribution in [0.1, 0.15) is 56.3 Å². The molecule has 1 aromatic rings. The van der Waals surface area contributed by atoms with Crippen LogP contribution in [0.15, 0.2) is 30.3 Å². The number of carbonyl (C=O) groups is 1. The molecule has 0 amide bonds. The van der Waals surface area contributed by atoms with Crippen molar-refractivity contribution in [3.8, 4) is 0 Å². The van der Waals surface area contributed by atoms with E-state index < -0.39 is 7.80 Å². The van der Waals surface area contributed by atoms with E-state index in [1.54, 1.807) is 24.3 Å². The molecule has 2 unspecified atom stereocenters. The highest BCUT2D eigenvalue weighted by molar-refractivity contribution is 7.45. The average Bonchev–Trinajstić information content (AvgIpc) is 2.61. The maximum absolute atomic E-state index is 12.4. The minimum absolute atomic E-state index is 0.0862. The van der Waals surface area contributed by atoms with E-state index in [0.717, 1.165) is 25.9 Å². The molecule has 24 heavy (non-hydrogen) atoms.